The molecule has 1 unspecified atom stereocenters. The maximum absolute atomic E-state index is 12.3. The highest BCUT2D eigenvalue weighted by Crippen LogP contribution is 2.27. The Labute approximate surface area is 101 Å². The number of rotatable bonds is 5. The van der Waals surface area contributed by atoms with E-state index in [-0.39, 0.29) is 12.5 Å². The van der Waals surface area contributed by atoms with Crippen molar-refractivity contribution in [3.63, 3.8) is 0 Å². The Morgan fingerprint density at radius 1 is 1.29 bits per heavy atom. The minimum atomic E-state index is -4.04. The standard InChI is InChI=1S/C13H22F3N/c1-2-17-12(9-10-13(14,15)16)11-7-5-3-4-6-8-11/h7,12,17H,2-6,8-10H2,1H3. The summed E-state index contributed by atoms with van der Waals surface area (Å²) in [4.78, 5) is 0. The predicted octanol–water partition coefficient (Wildman–Crippen LogP) is 4.20. The van der Waals surface area contributed by atoms with E-state index in [4.69, 9.17) is 0 Å². The molecule has 0 aromatic rings. The molecule has 0 spiro atoms. The number of likely N-dealkylation sites (N-methyl/N-ethyl adjacent to an activating group) is 1. The fraction of sp³-hybridized carbons (Fsp3) is 0.846. The van der Waals surface area contributed by atoms with E-state index in [0.717, 1.165) is 25.8 Å². The SMILES string of the molecule is CCNC(CCC(F)(F)F)C1=CCCCCC1. The molecule has 1 aliphatic carbocycles. The van der Waals surface area contributed by atoms with Crippen molar-refractivity contribution < 1.29 is 13.2 Å². The molecule has 0 radical (unpaired) electrons. The molecule has 0 aliphatic heterocycles. The van der Waals surface area contributed by atoms with E-state index in [2.05, 4.69) is 11.4 Å². The van der Waals surface area contributed by atoms with Crippen molar-refractivity contribution in [1.29, 1.82) is 0 Å². The number of hydrogen-bond donors (Lipinski definition) is 1. The summed E-state index contributed by atoms with van der Waals surface area (Å²) < 4.78 is 36.8. The van der Waals surface area contributed by atoms with Gasteiger partial charge >= 0.3 is 6.18 Å². The molecule has 0 aromatic heterocycles. The third-order valence-electron chi connectivity index (χ3n) is 3.19. The first-order valence-corrected chi connectivity index (χ1v) is 6.52. The molecule has 0 aromatic carbocycles. The van der Waals surface area contributed by atoms with Crippen molar-refractivity contribution >= 4 is 0 Å². The van der Waals surface area contributed by atoms with Crippen LogP contribution in [0.25, 0.3) is 0 Å². The Morgan fingerprint density at radius 2 is 2.06 bits per heavy atom. The van der Waals surface area contributed by atoms with Crippen molar-refractivity contribution in [2.75, 3.05) is 6.54 Å². The van der Waals surface area contributed by atoms with Gasteiger partial charge in [0, 0.05) is 12.5 Å². The predicted molar refractivity (Wildman–Crippen MR) is 63.9 cm³/mol. The van der Waals surface area contributed by atoms with Gasteiger partial charge in [-0.05, 0) is 38.6 Å². The van der Waals surface area contributed by atoms with Crippen LogP contribution in [0.3, 0.4) is 0 Å². The third-order valence-corrected chi connectivity index (χ3v) is 3.19. The van der Waals surface area contributed by atoms with Gasteiger partial charge in [-0.1, -0.05) is 25.0 Å². The van der Waals surface area contributed by atoms with E-state index in [1.54, 1.807) is 0 Å². The minimum Gasteiger partial charge on any atom is -0.311 e. The van der Waals surface area contributed by atoms with Crippen LogP contribution in [-0.4, -0.2) is 18.8 Å². The van der Waals surface area contributed by atoms with Gasteiger partial charge in [-0.15, -0.1) is 0 Å². The molecule has 0 amide bonds. The first-order chi connectivity index (χ1) is 8.03. The zero-order chi connectivity index (χ0) is 12.7. The highest BCUT2D eigenvalue weighted by atomic mass is 19.4. The van der Waals surface area contributed by atoms with E-state index in [0.29, 0.717) is 0 Å². The molecule has 4 heteroatoms. The van der Waals surface area contributed by atoms with Crippen LogP contribution in [0.4, 0.5) is 13.2 Å². The van der Waals surface area contributed by atoms with Gasteiger partial charge in [0.25, 0.3) is 0 Å². The van der Waals surface area contributed by atoms with Crippen molar-refractivity contribution in [3.8, 4) is 0 Å². The van der Waals surface area contributed by atoms with E-state index in [9.17, 15) is 13.2 Å². The molecule has 0 saturated heterocycles. The van der Waals surface area contributed by atoms with Gasteiger partial charge in [-0.3, -0.25) is 0 Å². The lowest BCUT2D eigenvalue weighted by Crippen LogP contribution is -2.32. The molecule has 0 bridgehead atoms. The zero-order valence-corrected chi connectivity index (χ0v) is 10.4. The summed E-state index contributed by atoms with van der Waals surface area (Å²) in [5.41, 5.74) is 1.19. The average Bonchev–Trinajstić information content (AvgIpc) is 2.51. The molecule has 0 saturated carbocycles. The summed E-state index contributed by atoms with van der Waals surface area (Å²) in [6.45, 7) is 2.66. The lowest BCUT2D eigenvalue weighted by molar-refractivity contribution is -0.136. The molecule has 1 N–H and O–H groups in total. The van der Waals surface area contributed by atoms with Gasteiger partial charge in [0.15, 0.2) is 0 Å². The van der Waals surface area contributed by atoms with Crippen molar-refractivity contribution in [2.24, 2.45) is 0 Å². The average molecular weight is 249 g/mol. The number of allylic oxidation sites excluding steroid dienone is 1. The maximum Gasteiger partial charge on any atom is 0.389 e. The summed E-state index contributed by atoms with van der Waals surface area (Å²) in [6.07, 6.45) is 3.03. The Bertz CT molecular complexity index is 246. The van der Waals surface area contributed by atoms with Gasteiger partial charge in [0.2, 0.25) is 0 Å². The highest BCUT2D eigenvalue weighted by molar-refractivity contribution is 5.12. The van der Waals surface area contributed by atoms with E-state index < -0.39 is 12.6 Å². The first kappa shape index (κ1) is 14.6. The van der Waals surface area contributed by atoms with Crippen LogP contribution in [0.2, 0.25) is 0 Å². The smallest absolute Gasteiger partial charge is 0.311 e. The fourth-order valence-corrected chi connectivity index (χ4v) is 2.33. The Morgan fingerprint density at radius 3 is 2.71 bits per heavy atom. The van der Waals surface area contributed by atoms with Crippen LogP contribution in [0.15, 0.2) is 11.6 Å². The molecule has 17 heavy (non-hydrogen) atoms. The normalized spacial score (nSPS) is 19.6. The number of hydrogen-bond acceptors (Lipinski definition) is 1. The second kappa shape index (κ2) is 7.04. The number of nitrogens with one attached hydrogen (secondary N) is 1. The van der Waals surface area contributed by atoms with Gasteiger partial charge in [0.1, 0.15) is 0 Å². The van der Waals surface area contributed by atoms with Gasteiger partial charge in [-0.25, -0.2) is 0 Å². The lowest BCUT2D eigenvalue weighted by atomic mass is 9.97. The molecule has 1 nitrogen and oxygen atoms in total. The Kier molecular flexibility index (Phi) is 6.03. The molecule has 0 fully saturated rings. The van der Waals surface area contributed by atoms with Crippen LogP contribution in [0, 0.1) is 0 Å². The largest absolute Gasteiger partial charge is 0.389 e. The van der Waals surface area contributed by atoms with E-state index in [1.165, 1.54) is 18.4 Å². The summed E-state index contributed by atoms with van der Waals surface area (Å²) >= 11 is 0. The van der Waals surface area contributed by atoms with E-state index >= 15 is 0 Å². The first-order valence-electron chi connectivity index (χ1n) is 6.52. The van der Waals surface area contributed by atoms with Gasteiger partial charge < -0.3 is 5.32 Å². The van der Waals surface area contributed by atoms with Crippen molar-refractivity contribution in [1.82, 2.24) is 5.32 Å². The summed E-state index contributed by atoms with van der Waals surface area (Å²) in [5.74, 6) is 0. The van der Waals surface area contributed by atoms with Gasteiger partial charge in [-0.2, -0.15) is 13.2 Å². The topological polar surface area (TPSA) is 12.0 Å². The summed E-state index contributed by atoms with van der Waals surface area (Å²) in [7, 11) is 0. The highest BCUT2D eigenvalue weighted by Gasteiger charge is 2.29. The molecule has 1 atom stereocenters. The molecule has 0 heterocycles. The van der Waals surface area contributed by atoms with Crippen LogP contribution >= 0.6 is 0 Å². The summed E-state index contributed by atoms with van der Waals surface area (Å²) in [5, 5.41) is 3.18. The number of alkyl halides is 3. The quantitative estimate of drug-likeness (QED) is 0.720. The van der Waals surface area contributed by atoms with Crippen molar-refractivity contribution in [3.05, 3.63) is 11.6 Å². The van der Waals surface area contributed by atoms with Crippen LogP contribution in [0.1, 0.15) is 51.9 Å². The van der Waals surface area contributed by atoms with Crippen LogP contribution in [0.5, 0.6) is 0 Å². The molecule has 1 aliphatic rings. The maximum atomic E-state index is 12.3. The van der Waals surface area contributed by atoms with E-state index in [1.807, 2.05) is 6.92 Å². The second-order valence-corrected chi connectivity index (χ2v) is 4.64. The monoisotopic (exact) mass is 249 g/mol. The zero-order valence-electron chi connectivity index (χ0n) is 10.4. The lowest BCUT2D eigenvalue weighted by Gasteiger charge is -2.21. The van der Waals surface area contributed by atoms with Crippen LogP contribution in [-0.2, 0) is 0 Å². The minimum absolute atomic E-state index is 0.0836. The summed E-state index contributed by atoms with van der Waals surface area (Å²) in [6, 6.07) is -0.0836. The molecule has 1 rings (SSSR count). The molecular weight excluding hydrogens is 227 g/mol. The van der Waals surface area contributed by atoms with Crippen LogP contribution < -0.4 is 5.32 Å². The second-order valence-electron chi connectivity index (χ2n) is 4.64. The molecular formula is C13H22F3N. The fourth-order valence-electron chi connectivity index (χ4n) is 2.33. The third kappa shape index (κ3) is 6.10. The molecule has 100 valence electrons. The van der Waals surface area contributed by atoms with Gasteiger partial charge in [0.05, 0.1) is 0 Å². The Hall–Kier alpha value is -0.510. The number of halogens is 3. The Balaban J connectivity index is 2.54. The van der Waals surface area contributed by atoms with Crippen molar-refractivity contribution in [2.45, 2.75) is 64.1 Å².